The van der Waals surface area contributed by atoms with Gasteiger partial charge in [-0.1, -0.05) is 42.1 Å². The highest BCUT2D eigenvalue weighted by atomic mass is 32.2. The third kappa shape index (κ3) is 5.18. The number of carbonyl (C=O) groups excluding carboxylic acids is 1. The van der Waals surface area contributed by atoms with Crippen LogP contribution in [0.25, 0.3) is 0 Å². The lowest BCUT2D eigenvalue weighted by atomic mass is 10.1. The molecule has 1 aromatic carbocycles. The molecular formula is C14H19N5OS. The van der Waals surface area contributed by atoms with Gasteiger partial charge in [0.2, 0.25) is 11.1 Å². The van der Waals surface area contributed by atoms with Crippen LogP contribution in [0.3, 0.4) is 0 Å². The average molecular weight is 305 g/mol. The summed E-state index contributed by atoms with van der Waals surface area (Å²) in [6, 6.07) is 9.95. The molecule has 1 N–H and O–H groups in total. The zero-order chi connectivity index (χ0) is 15.3. The van der Waals surface area contributed by atoms with Gasteiger partial charge in [-0.05, 0) is 36.8 Å². The van der Waals surface area contributed by atoms with E-state index in [0.29, 0.717) is 17.5 Å². The van der Waals surface area contributed by atoms with E-state index in [2.05, 4.69) is 20.8 Å². The zero-order valence-electron chi connectivity index (χ0n) is 12.4. The Hall–Kier alpha value is -1.89. The molecule has 6 nitrogen and oxygen atoms in total. The molecule has 7 heteroatoms. The quantitative estimate of drug-likeness (QED) is 0.852. The summed E-state index contributed by atoms with van der Waals surface area (Å²) in [5, 5.41) is 15.2. The van der Waals surface area contributed by atoms with Crippen LogP contribution in [0.4, 0.5) is 0 Å². The van der Waals surface area contributed by atoms with Crippen molar-refractivity contribution in [1.82, 2.24) is 25.5 Å². The van der Waals surface area contributed by atoms with Gasteiger partial charge in [0.05, 0.1) is 12.3 Å². The number of hydrogen-bond acceptors (Lipinski definition) is 5. The van der Waals surface area contributed by atoms with Gasteiger partial charge in [-0.15, -0.1) is 5.10 Å². The van der Waals surface area contributed by atoms with Crippen LogP contribution in [0.2, 0.25) is 0 Å². The number of nitrogens with one attached hydrogen (secondary N) is 1. The lowest BCUT2D eigenvalue weighted by molar-refractivity contribution is -0.119. The maximum Gasteiger partial charge on any atom is 0.230 e. The van der Waals surface area contributed by atoms with Crippen LogP contribution in [0, 0.1) is 0 Å². The van der Waals surface area contributed by atoms with Gasteiger partial charge in [-0.3, -0.25) is 4.79 Å². The van der Waals surface area contributed by atoms with Crippen molar-refractivity contribution in [3.63, 3.8) is 0 Å². The minimum atomic E-state index is -0.229. The molecule has 112 valence electrons. The monoisotopic (exact) mass is 305 g/mol. The molecule has 2 rings (SSSR count). The second-order valence-electron chi connectivity index (χ2n) is 5.69. The number of nitrogens with zero attached hydrogens (tertiary/aromatic N) is 4. The van der Waals surface area contributed by atoms with Crippen molar-refractivity contribution in [3.8, 4) is 0 Å². The van der Waals surface area contributed by atoms with Crippen molar-refractivity contribution in [3.05, 3.63) is 35.9 Å². The van der Waals surface area contributed by atoms with Gasteiger partial charge < -0.3 is 5.32 Å². The van der Waals surface area contributed by atoms with E-state index in [1.54, 1.807) is 4.68 Å². The van der Waals surface area contributed by atoms with E-state index in [0.717, 1.165) is 5.56 Å². The highest BCUT2D eigenvalue weighted by Gasteiger charge is 2.15. The number of hydrogen-bond donors (Lipinski definition) is 1. The average Bonchev–Trinajstić information content (AvgIpc) is 2.83. The highest BCUT2D eigenvalue weighted by molar-refractivity contribution is 7.99. The lowest BCUT2D eigenvalue weighted by Crippen LogP contribution is -2.41. The molecule has 0 unspecified atom stereocenters. The first kappa shape index (κ1) is 15.5. The Morgan fingerprint density at radius 2 is 2.00 bits per heavy atom. The van der Waals surface area contributed by atoms with Crippen LogP contribution in [0.15, 0.2) is 35.5 Å². The van der Waals surface area contributed by atoms with Crippen LogP contribution >= 0.6 is 11.8 Å². The summed E-state index contributed by atoms with van der Waals surface area (Å²) in [5.41, 5.74) is 0.888. The number of rotatable bonds is 5. The van der Waals surface area contributed by atoms with E-state index in [1.807, 2.05) is 51.1 Å². The van der Waals surface area contributed by atoms with Gasteiger partial charge in [0, 0.05) is 5.54 Å². The maximum atomic E-state index is 11.8. The third-order valence-corrected chi connectivity index (χ3v) is 3.48. The first-order valence-corrected chi connectivity index (χ1v) is 7.66. The van der Waals surface area contributed by atoms with E-state index < -0.39 is 0 Å². The summed E-state index contributed by atoms with van der Waals surface area (Å²) in [5.74, 6) is 0.272. The number of amides is 1. The van der Waals surface area contributed by atoms with Gasteiger partial charge in [-0.25, -0.2) is 4.68 Å². The van der Waals surface area contributed by atoms with Crippen LogP contribution in [0.1, 0.15) is 26.3 Å². The van der Waals surface area contributed by atoms with Crippen molar-refractivity contribution in [2.75, 3.05) is 5.75 Å². The van der Waals surface area contributed by atoms with Crippen LogP contribution in [-0.4, -0.2) is 37.4 Å². The molecule has 1 aromatic heterocycles. The summed E-state index contributed by atoms with van der Waals surface area (Å²) >= 11 is 1.34. The smallest absolute Gasteiger partial charge is 0.230 e. The molecule has 1 amide bonds. The van der Waals surface area contributed by atoms with Crippen molar-refractivity contribution >= 4 is 17.7 Å². The second-order valence-corrected chi connectivity index (χ2v) is 6.63. The predicted octanol–water partition coefficient (Wildman–Crippen LogP) is 1.73. The second kappa shape index (κ2) is 6.71. The summed E-state index contributed by atoms with van der Waals surface area (Å²) in [6.45, 7) is 6.45. The summed E-state index contributed by atoms with van der Waals surface area (Å²) in [6.07, 6.45) is 0. The van der Waals surface area contributed by atoms with E-state index in [4.69, 9.17) is 0 Å². The highest BCUT2D eigenvalue weighted by Crippen LogP contribution is 2.15. The van der Waals surface area contributed by atoms with Gasteiger partial charge in [0.25, 0.3) is 0 Å². The van der Waals surface area contributed by atoms with Crippen LogP contribution in [-0.2, 0) is 11.3 Å². The lowest BCUT2D eigenvalue weighted by Gasteiger charge is -2.20. The molecule has 0 aliphatic rings. The fourth-order valence-electron chi connectivity index (χ4n) is 1.74. The summed E-state index contributed by atoms with van der Waals surface area (Å²) in [7, 11) is 0. The molecule has 0 fully saturated rings. The predicted molar refractivity (Wildman–Crippen MR) is 82.0 cm³/mol. The minimum absolute atomic E-state index is 0.0261. The Morgan fingerprint density at radius 1 is 1.29 bits per heavy atom. The molecule has 0 aliphatic carbocycles. The number of benzene rings is 1. The Morgan fingerprint density at radius 3 is 2.67 bits per heavy atom. The Balaban J connectivity index is 1.93. The molecule has 0 atom stereocenters. The van der Waals surface area contributed by atoms with Crippen molar-refractivity contribution < 1.29 is 4.79 Å². The Labute approximate surface area is 128 Å². The number of carbonyl (C=O) groups is 1. The molecule has 21 heavy (non-hydrogen) atoms. The Bertz CT molecular complexity index is 591. The summed E-state index contributed by atoms with van der Waals surface area (Å²) < 4.78 is 1.70. The van der Waals surface area contributed by atoms with Gasteiger partial charge in [0.15, 0.2) is 0 Å². The van der Waals surface area contributed by atoms with Gasteiger partial charge in [-0.2, -0.15) is 0 Å². The molecule has 2 aromatic rings. The number of tetrazole rings is 1. The number of aromatic nitrogens is 4. The van der Waals surface area contributed by atoms with E-state index in [-0.39, 0.29) is 11.4 Å². The van der Waals surface area contributed by atoms with Crippen LogP contribution < -0.4 is 5.32 Å². The van der Waals surface area contributed by atoms with Crippen molar-refractivity contribution in [1.29, 1.82) is 0 Å². The van der Waals surface area contributed by atoms with Crippen LogP contribution in [0.5, 0.6) is 0 Å². The molecule has 0 saturated heterocycles. The molecular weight excluding hydrogens is 286 g/mol. The first-order chi connectivity index (χ1) is 9.94. The molecule has 0 aliphatic heterocycles. The standard InChI is InChI=1S/C14H19N5OS/c1-14(2,3)15-12(20)10-21-13-16-17-18-19(13)9-11-7-5-4-6-8-11/h4-8H,9-10H2,1-3H3,(H,15,20). The fraction of sp³-hybridized carbons (Fsp3) is 0.429. The van der Waals surface area contributed by atoms with E-state index in [9.17, 15) is 4.79 Å². The Kier molecular flexibility index (Phi) is 4.95. The van der Waals surface area contributed by atoms with Crippen molar-refractivity contribution in [2.45, 2.75) is 38.0 Å². The normalized spacial score (nSPS) is 11.4. The number of thioether (sulfide) groups is 1. The minimum Gasteiger partial charge on any atom is -0.351 e. The zero-order valence-corrected chi connectivity index (χ0v) is 13.2. The maximum absolute atomic E-state index is 11.8. The largest absolute Gasteiger partial charge is 0.351 e. The molecule has 0 saturated carbocycles. The molecule has 0 radical (unpaired) electrons. The molecule has 0 bridgehead atoms. The van der Waals surface area contributed by atoms with Crippen molar-refractivity contribution in [2.24, 2.45) is 0 Å². The van der Waals surface area contributed by atoms with Gasteiger partial charge in [0.1, 0.15) is 0 Å². The fourth-order valence-corrected chi connectivity index (χ4v) is 2.42. The van der Waals surface area contributed by atoms with E-state index in [1.165, 1.54) is 11.8 Å². The molecule has 0 spiro atoms. The topological polar surface area (TPSA) is 72.7 Å². The third-order valence-electron chi connectivity index (χ3n) is 2.52. The summed E-state index contributed by atoms with van der Waals surface area (Å²) in [4.78, 5) is 11.8. The van der Waals surface area contributed by atoms with E-state index >= 15 is 0 Å². The van der Waals surface area contributed by atoms with Gasteiger partial charge >= 0.3 is 0 Å². The SMILES string of the molecule is CC(C)(C)NC(=O)CSc1nnnn1Cc1ccccc1. The molecule has 1 heterocycles. The first-order valence-electron chi connectivity index (χ1n) is 6.68.